The SMILES string of the molecule is NC(=O)Nc1cccc(NC(=O)c2ccc(Cl)cc2N2CCCC2=O)c1. The molecule has 1 aliphatic heterocycles. The highest BCUT2D eigenvalue weighted by atomic mass is 35.5. The molecule has 26 heavy (non-hydrogen) atoms. The monoisotopic (exact) mass is 372 g/mol. The molecule has 4 N–H and O–H groups in total. The van der Waals surface area contributed by atoms with E-state index in [0.29, 0.717) is 40.6 Å². The molecule has 0 unspecified atom stereocenters. The van der Waals surface area contributed by atoms with E-state index in [1.165, 1.54) is 0 Å². The molecule has 2 aromatic rings. The van der Waals surface area contributed by atoms with Crippen LogP contribution in [0.1, 0.15) is 23.2 Å². The number of nitrogens with zero attached hydrogens (tertiary/aromatic N) is 1. The third-order valence-electron chi connectivity index (χ3n) is 3.96. The molecule has 1 heterocycles. The van der Waals surface area contributed by atoms with E-state index >= 15 is 0 Å². The van der Waals surface area contributed by atoms with Gasteiger partial charge in [0.05, 0.1) is 11.3 Å². The standard InChI is InChI=1S/C18H17ClN4O3/c19-11-6-7-14(15(9-11)23-8-2-5-16(23)24)17(25)21-12-3-1-4-13(10-12)22-18(20)26/h1,3-4,6-7,9-10H,2,5,8H2,(H,21,25)(H3,20,22,26). The Balaban J connectivity index is 1.86. The lowest BCUT2D eigenvalue weighted by molar-refractivity contribution is -0.117. The minimum atomic E-state index is -0.694. The molecule has 0 spiro atoms. The van der Waals surface area contributed by atoms with Gasteiger partial charge in [0.2, 0.25) is 5.91 Å². The predicted molar refractivity (Wildman–Crippen MR) is 101 cm³/mol. The van der Waals surface area contributed by atoms with Gasteiger partial charge in [-0.15, -0.1) is 0 Å². The molecule has 1 aliphatic rings. The second-order valence-corrected chi connectivity index (χ2v) is 6.27. The van der Waals surface area contributed by atoms with Crippen LogP contribution in [-0.4, -0.2) is 24.4 Å². The number of primary amides is 1. The van der Waals surface area contributed by atoms with Crippen molar-refractivity contribution in [2.45, 2.75) is 12.8 Å². The van der Waals surface area contributed by atoms with Gasteiger partial charge in [-0.3, -0.25) is 9.59 Å². The Bertz CT molecular complexity index is 884. The highest BCUT2D eigenvalue weighted by Crippen LogP contribution is 2.29. The minimum absolute atomic E-state index is 0.0334. The first kappa shape index (κ1) is 17.8. The Morgan fingerprint density at radius 2 is 1.81 bits per heavy atom. The summed E-state index contributed by atoms with van der Waals surface area (Å²) in [6.07, 6.45) is 1.20. The quantitative estimate of drug-likeness (QED) is 0.767. The minimum Gasteiger partial charge on any atom is -0.351 e. The van der Waals surface area contributed by atoms with Crippen LogP contribution in [0.5, 0.6) is 0 Å². The van der Waals surface area contributed by atoms with Crippen LogP contribution in [0.3, 0.4) is 0 Å². The van der Waals surface area contributed by atoms with Crippen LogP contribution in [0, 0.1) is 0 Å². The number of rotatable bonds is 4. The molecule has 0 atom stereocenters. The van der Waals surface area contributed by atoms with Crippen molar-refractivity contribution in [3.63, 3.8) is 0 Å². The molecule has 7 nitrogen and oxygen atoms in total. The molecule has 134 valence electrons. The molecule has 1 fully saturated rings. The third kappa shape index (κ3) is 3.94. The Morgan fingerprint density at radius 3 is 2.46 bits per heavy atom. The zero-order chi connectivity index (χ0) is 18.7. The van der Waals surface area contributed by atoms with Crippen molar-refractivity contribution in [2.75, 3.05) is 22.1 Å². The number of hydrogen-bond donors (Lipinski definition) is 3. The summed E-state index contributed by atoms with van der Waals surface area (Å²) < 4.78 is 0. The van der Waals surface area contributed by atoms with E-state index in [1.807, 2.05) is 0 Å². The van der Waals surface area contributed by atoms with Gasteiger partial charge in [-0.2, -0.15) is 0 Å². The molecule has 0 bridgehead atoms. The molecular formula is C18H17ClN4O3. The summed E-state index contributed by atoms with van der Waals surface area (Å²) in [5.74, 6) is -0.415. The lowest BCUT2D eigenvalue weighted by Crippen LogP contribution is -2.27. The average molecular weight is 373 g/mol. The number of benzene rings is 2. The van der Waals surface area contributed by atoms with Gasteiger partial charge in [0.1, 0.15) is 0 Å². The molecule has 0 aliphatic carbocycles. The summed E-state index contributed by atoms with van der Waals surface area (Å²) in [5, 5.41) is 5.65. The second kappa shape index (κ2) is 7.45. The van der Waals surface area contributed by atoms with Crippen LogP contribution in [0.4, 0.5) is 21.9 Å². The highest BCUT2D eigenvalue weighted by Gasteiger charge is 2.26. The zero-order valence-corrected chi connectivity index (χ0v) is 14.5. The number of amides is 4. The summed E-state index contributed by atoms with van der Waals surface area (Å²) in [7, 11) is 0. The number of halogens is 1. The largest absolute Gasteiger partial charge is 0.351 e. The number of carbonyl (C=O) groups is 3. The normalized spacial score (nSPS) is 13.6. The third-order valence-corrected chi connectivity index (χ3v) is 4.19. The van der Waals surface area contributed by atoms with E-state index in [0.717, 1.165) is 6.42 Å². The maximum Gasteiger partial charge on any atom is 0.316 e. The van der Waals surface area contributed by atoms with E-state index < -0.39 is 6.03 Å². The van der Waals surface area contributed by atoms with E-state index in [2.05, 4.69) is 10.6 Å². The maximum atomic E-state index is 12.7. The predicted octanol–water partition coefficient (Wildman–Crippen LogP) is 3.21. The van der Waals surface area contributed by atoms with E-state index in [1.54, 1.807) is 47.4 Å². The van der Waals surface area contributed by atoms with Gasteiger partial charge in [-0.25, -0.2) is 4.79 Å². The lowest BCUT2D eigenvalue weighted by atomic mass is 10.1. The molecule has 4 amide bonds. The topological polar surface area (TPSA) is 105 Å². The van der Waals surface area contributed by atoms with Crippen molar-refractivity contribution in [1.29, 1.82) is 0 Å². The maximum absolute atomic E-state index is 12.7. The Hall–Kier alpha value is -3.06. The number of nitrogens with two attached hydrogens (primary N) is 1. The molecule has 1 saturated heterocycles. The van der Waals surface area contributed by atoms with Gasteiger partial charge >= 0.3 is 6.03 Å². The molecular weight excluding hydrogens is 356 g/mol. The summed E-state index contributed by atoms with van der Waals surface area (Å²) in [6, 6.07) is 10.7. The van der Waals surface area contributed by atoms with Crippen molar-refractivity contribution in [2.24, 2.45) is 5.73 Å². The van der Waals surface area contributed by atoms with Crippen LogP contribution in [0.25, 0.3) is 0 Å². The Kier molecular flexibility index (Phi) is 5.09. The van der Waals surface area contributed by atoms with Crippen LogP contribution in [-0.2, 0) is 4.79 Å². The lowest BCUT2D eigenvalue weighted by Gasteiger charge is -2.20. The first-order chi connectivity index (χ1) is 12.4. The molecule has 8 heteroatoms. The smallest absolute Gasteiger partial charge is 0.316 e. The number of carbonyl (C=O) groups excluding carboxylic acids is 3. The van der Waals surface area contributed by atoms with Crippen molar-refractivity contribution in [3.8, 4) is 0 Å². The first-order valence-corrected chi connectivity index (χ1v) is 8.39. The van der Waals surface area contributed by atoms with Crippen molar-refractivity contribution < 1.29 is 14.4 Å². The van der Waals surface area contributed by atoms with Gasteiger partial charge in [-0.05, 0) is 42.8 Å². The first-order valence-electron chi connectivity index (χ1n) is 8.02. The van der Waals surface area contributed by atoms with Crippen molar-refractivity contribution in [3.05, 3.63) is 53.1 Å². The van der Waals surface area contributed by atoms with Crippen molar-refractivity contribution >= 4 is 46.5 Å². The molecule has 2 aromatic carbocycles. The van der Waals surface area contributed by atoms with Crippen LogP contribution < -0.4 is 21.3 Å². The van der Waals surface area contributed by atoms with E-state index in [9.17, 15) is 14.4 Å². The summed E-state index contributed by atoms with van der Waals surface area (Å²) >= 11 is 6.06. The molecule has 3 rings (SSSR count). The van der Waals surface area contributed by atoms with Gasteiger partial charge in [0.15, 0.2) is 0 Å². The fourth-order valence-corrected chi connectivity index (χ4v) is 3.00. The molecule has 0 radical (unpaired) electrons. The average Bonchev–Trinajstić information content (AvgIpc) is 3.00. The van der Waals surface area contributed by atoms with Crippen LogP contribution in [0.15, 0.2) is 42.5 Å². The van der Waals surface area contributed by atoms with Crippen LogP contribution >= 0.6 is 11.6 Å². The number of hydrogen-bond acceptors (Lipinski definition) is 3. The summed E-state index contributed by atoms with van der Waals surface area (Å²) in [4.78, 5) is 37.3. The fourth-order valence-electron chi connectivity index (χ4n) is 2.84. The molecule has 0 saturated carbocycles. The number of nitrogens with one attached hydrogen (secondary N) is 2. The van der Waals surface area contributed by atoms with Gasteiger partial charge < -0.3 is 21.3 Å². The Labute approximate surface area is 155 Å². The van der Waals surface area contributed by atoms with Crippen molar-refractivity contribution in [1.82, 2.24) is 0 Å². The fraction of sp³-hybridized carbons (Fsp3) is 0.167. The zero-order valence-electron chi connectivity index (χ0n) is 13.8. The van der Waals surface area contributed by atoms with Crippen LogP contribution in [0.2, 0.25) is 5.02 Å². The van der Waals surface area contributed by atoms with E-state index in [4.69, 9.17) is 17.3 Å². The number of urea groups is 1. The highest BCUT2D eigenvalue weighted by molar-refractivity contribution is 6.31. The Morgan fingerprint density at radius 1 is 1.08 bits per heavy atom. The second-order valence-electron chi connectivity index (χ2n) is 5.83. The molecule has 0 aromatic heterocycles. The number of anilines is 3. The summed E-state index contributed by atoms with van der Waals surface area (Å²) in [6.45, 7) is 0.553. The summed E-state index contributed by atoms with van der Waals surface area (Å²) in [5.41, 5.74) is 6.87. The van der Waals surface area contributed by atoms with E-state index in [-0.39, 0.29) is 11.8 Å². The van der Waals surface area contributed by atoms with Gasteiger partial charge in [0, 0.05) is 29.4 Å². The van der Waals surface area contributed by atoms with Gasteiger partial charge in [0.25, 0.3) is 5.91 Å². The van der Waals surface area contributed by atoms with Gasteiger partial charge in [-0.1, -0.05) is 17.7 Å².